The molecule has 0 N–H and O–H groups in total. The Hall–Kier alpha value is -0.530. The van der Waals surface area contributed by atoms with Crippen LogP contribution in [0.1, 0.15) is 105 Å². The Labute approximate surface area is 179 Å². The maximum Gasteiger partial charge on any atom is 0.306 e. The van der Waals surface area contributed by atoms with Crippen LogP contribution in [-0.2, 0) is 9.53 Å². The van der Waals surface area contributed by atoms with E-state index >= 15 is 0 Å². The smallest absolute Gasteiger partial charge is 0.306 e. The molecule has 4 rings (SSSR count). The van der Waals surface area contributed by atoms with E-state index in [2.05, 4.69) is 34.6 Å². The van der Waals surface area contributed by atoms with Crippen LogP contribution in [0.4, 0.5) is 0 Å². The second-order valence-corrected chi connectivity index (χ2v) is 12.4. The summed E-state index contributed by atoms with van der Waals surface area (Å²) < 4.78 is 5.51. The van der Waals surface area contributed by atoms with Gasteiger partial charge in [-0.25, -0.2) is 0 Å². The minimum atomic E-state index is 0.0639. The van der Waals surface area contributed by atoms with Gasteiger partial charge in [0.1, 0.15) is 0 Å². The molecule has 1 saturated heterocycles. The van der Waals surface area contributed by atoms with Crippen molar-refractivity contribution in [2.45, 2.75) is 105 Å². The first kappa shape index (κ1) is 21.7. The largest absolute Gasteiger partial charge is 0.466 e. The molecule has 0 bridgehead atoms. The van der Waals surface area contributed by atoms with Crippen molar-refractivity contribution in [1.29, 1.82) is 0 Å². The Kier molecular flexibility index (Phi) is 6.13. The number of carbonyl (C=O) groups excluding carboxylic acids is 1. The molecule has 1 heterocycles. The van der Waals surface area contributed by atoms with Gasteiger partial charge in [0.25, 0.3) is 0 Å². The van der Waals surface area contributed by atoms with Gasteiger partial charge in [0.15, 0.2) is 0 Å². The second kappa shape index (κ2) is 8.19. The van der Waals surface area contributed by atoms with Crippen LogP contribution >= 0.6 is 0 Å². The van der Waals surface area contributed by atoms with E-state index in [0.29, 0.717) is 29.8 Å². The predicted molar refractivity (Wildman–Crippen MR) is 119 cm³/mol. The number of carbonyl (C=O) groups is 1. The quantitative estimate of drug-likeness (QED) is 0.452. The summed E-state index contributed by atoms with van der Waals surface area (Å²) in [6.45, 7) is 13.2. The minimum Gasteiger partial charge on any atom is -0.466 e. The van der Waals surface area contributed by atoms with E-state index in [1.165, 1.54) is 57.8 Å². The molecule has 0 aromatic rings. The Bertz CT molecular complexity index is 597. The average Bonchev–Trinajstić information content (AvgIpc) is 2.92. The first-order valence-electron chi connectivity index (χ1n) is 12.9. The summed E-state index contributed by atoms with van der Waals surface area (Å²) in [5, 5.41) is 0. The van der Waals surface area contributed by atoms with E-state index in [4.69, 9.17) is 4.74 Å². The lowest BCUT2D eigenvalue weighted by Crippen LogP contribution is -2.52. The summed E-state index contributed by atoms with van der Waals surface area (Å²) in [7, 11) is 0. The van der Waals surface area contributed by atoms with Crippen molar-refractivity contribution in [3.8, 4) is 0 Å². The van der Waals surface area contributed by atoms with Crippen LogP contribution < -0.4 is 0 Å². The topological polar surface area (TPSA) is 26.3 Å². The summed E-state index contributed by atoms with van der Waals surface area (Å²) >= 11 is 0. The molecule has 2 heteroatoms. The highest BCUT2D eigenvalue weighted by Crippen LogP contribution is 2.67. The maximum atomic E-state index is 12.1. The van der Waals surface area contributed by atoms with Crippen molar-refractivity contribution >= 4 is 5.97 Å². The Morgan fingerprint density at radius 1 is 0.931 bits per heavy atom. The van der Waals surface area contributed by atoms with Crippen LogP contribution in [0.15, 0.2) is 0 Å². The summed E-state index contributed by atoms with van der Waals surface area (Å²) in [6, 6.07) is 0. The zero-order valence-corrected chi connectivity index (χ0v) is 19.8. The molecule has 3 aliphatic carbocycles. The Morgan fingerprint density at radius 3 is 2.45 bits per heavy atom. The number of ether oxygens (including phenoxy) is 1. The molecule has 0 spiro atoms. The summed E-state index contributed by atoms with van der Waals surface area (Å²) in [5.41, 5.74) is 0.899. The highest BCUT2D eigenvalue weighted by molar-refractivity contribution is 5.70. The molecule has 8 atom stereocenters. The zero-order chi connectivity index (χ0) is 20.8. The number of hydrogen-bond donors (Lipinski definition) is 0. The Balaban J connectivity index is 1.48. The average molecular weight is 403 g/mol. The zero-order valence-electron chi connectivity index (χ0n) is 19.8. The minimum absolute atomic E-state index is 0.0639. The molecule has 2 nitrogen and oxygen atoms in total. The van der Waals surface area contributed by atoms with Gasteiger partial charge in [-0.1, -0.05) is 53.9 Å². The monoisotopic (exact) mass is 402 g/mol. The van der Waals surface area contributed by atoms with Gasteiger partial charge in [-0.2, -0.15) is 0 Å². The third-order valence-corrected chi connectivity index (χ3v) is 10.6. The normalized spacial score (nSPS) is 45.7. The van der Waals surface area contributed by atoms with E-state index < -0.39 is 0 Å². The van der Waals surface area contributed by atoms with E-state index in [-0.39, 0.29) is 5.97 Å². The first-order valence-corrected chi connectivity index (χ1v) is 12.9. The lowest BCUT2D eigenvalue weighted by atomic mass is 9.46. The number of esters is 1. The van der Waals surface area contributed by atoms with Crippen molar-refractivity contribution in [1.82, 2.24) is 0 Å². The maximum absolute atomic E-state index is 12.1. The van der Waals surface area contributed by atoms with Gasteiger partial charge in [-0.3, -0.25) is 4.79 Å². The van der Waals surface area contributed by atoms with E-state index in [9.17, 15) is 4.79 Å². The van der Waals surface area contributed by atoms with Gasteiger partial charge in [-0.05, 0) is 97.2 Å². The van der Waals surface area contributed by atoms with Crippen molar-refractivity contribution in [3.63, 3.8) is 0 Å². The van der Waals surface area contributed by atoms with Crippen molar-refractivity contribution in [2.24, 2.45) is 52.3 Å². The van der Waals surface area contributed by atoms with E-state index in [1.54, 1.807) is 0 Å². The number of rotatable bonds is 5. The van der Waals surface area contributed by atoms with Gasteiger partial charge in [0.2, 0.25) is 0 Å². The van der Waals surface area contributed by atoms with Crippen LogP contribution in [0.3, 0.4) is 0 Å². The SMILES string of the molecule is CC(C)CCC[C@@H](C)[C@H]1CC[C@H]2[C@@H]3CC[C@H]4CC(=O)OCC[C@]4(C)[C@H]3CC[C@]12C. The van der Waals surface area contributed by atoms with Crippen molar-refractivity contribution in [3.05, 3.63) is 0 Å². The van der Waals surface area contributed by atoms with E-state index in [1.807, 2.05) is 0 Å². The molecule has 3 saturated carbocycles. The van der Waals surface area contributed by atoms with Crippen LogP contribution in [-0.4, -0.2) is 12.6 Å². The fourth-order valence-electron chi connectivity index (χ4n) is 8.93. The molecule has 0 unspecified atom stereocenters. The molecular weight excluding hydrogens is 356 g/mol. The fraction of sp³-hybridized carbons (Fsp3) is 0.963. The van der Waals surface area contributed by atoms with Crippen LogP contribution in [0.5, 0.6) is 0 Å². The lowest BCUT2D eigenvalue weighted by molar-refractivity contribution is -0.143. The van der Waals surface area contributed by atoms with Gasteiger partial charge in [0, 0.05) is 6.42 Å². The molecule has 4 aliphatic rings. The van der Waals surface area contributed by atoms with Crippen LogP contribution in [0.25, 0.3) is 0 Å². The fourth-order valence-corrected chi connectivity index (χ4v) is 8.93. The van der Waals surface area contributed by atoms with Gasteiger partial charge in [0.05, 0.1) is 6.61 Å². The molecule has 166 valence electrons. The highest BCUT2D eigenvalue weighted by atomic mass is 16.5. The van der Waals surface area contributed by atoms with Gasteiger partial charge >= 0.3 is 5.97 Å². The van der Waals surface area contributed by atoms with Crippen LogP contribution in [0.2, 0.25) is 0 Å². The Morgan fingerprint density at radius 2 is 1.69 bits per heavy atom. The van der Waals surface area contributed by atoms with Crippen LogP contribution in [0, 0.1) is 52.3 Å². The van der Waals surface area contributed by atoms with Crippen molar-refractivity contribution < 1.29 is 9.53 Å². The third kappa shape index (κ3) is 3.80. The van der Waals surface area contributed by atoms with Gasteiger partial charge < -0.3 is 4.74 Å². The molecule has 0 aromatic heterocycles. The molecule has 4 fully saturated rings. The molecule has 0 amide bonds. The third-order valence-electron chi connectivity index (χ3n) is 10.6. The summed E-state index contributed by atoms with van der Waals surface area (Å²) in [6.07, 6.45) is 14.4. The summed E-state index contributed by atoms with van der Waals surface area (Å²) in [5.74, 6) is 5.94. The number of cyclic esters (lactones) is 1. The number of fused-ring (bicyclic) bond motifs is 5. The van der Waals surface area contributed by atoms with Crippen molar-refractivity contribution in [2.75, 3.05) is 6.61 Å². The summed E-state index contributed by atoms with van der Waals surface area (Å²) in [4.78, 5) is 12.1. The molecule has 0 aromatic carbocycles. The first-order chi connectivity index (χ1) is 13.8. The molecule has 0 radical (unpaired) electrons. The highest BCUT2D eigenvalue weighted by Gasteiger charge is 2.60. The molecular formula is C27H46O2. The van der Waals surface area contributed by atoms with E-state index in [0.717, 1.165) is 41.9 Å². The molecule has 29 heavy (non-hydrogen) atoms. The van der Waals surface area contributed by atoms with Gasteiger partial charge in [-0.15, -0.1) is 0 Å². The standard InChI is InChI=1S/C27H46O2/c1-18(2)7-6-8-19(3)22-11-12-23-21-10-9-20-17-25(28)29-16-15-26(20,4)24(21)13-14-27(22,23)5/h18-24H,6-17H2,1-5H3/t19-,20+,21+,22-,23+,24+,26+,27-/m1/s1. The lowest BCUT2D eigenvalue weighted by Gasteiger charge is -2.59. The second-order valence-electron chi connectivity index (χ2n) is 12.4. The molecule has 1 aliphatic heterocycles. The predicted octanol–water partition coefficient (Wildman–Crippen LogP) is 7.26. The number of hydrogen-bond acceptors (Lipinski definition) is 2.